The molecule has 7 nitrogen and oxygen atoms in total. The van der Waals surface area contributed by atoms with Crippen LogP contribution >= 0.6 is 22.9 Å². The normalized spacial score (nSPS) is 11.7. The van der Waals surface area contributed by atoms with Gasteiger partial charge in [0.1, 0.15) is 35.2 Å². The van der Waals surface area contributed by atoms with Crippen LogP contribution in [0.3, 0.4) is 0 Å². The van der Waals surface area contributed by atoms with E-state index >= 15 is 0 Å². The number of thiophene rings is 1. The summed E-state index contributed by atoms with van der Waals surface area (Å²) in [6.45, 7) is 6.18. The minimum atomic E-state index is 0.324. The van der Waals surface area contributed by atoms with Crippen molar-refractivity contribution >= 4 is 50.6 Å². The average Bonchev–Trinajstić information content (AvgIpc) is 3.41. The molecule has 3 heterocycles. The number of aromatic nitrogens is 4. The van der Waals surface area contributed by atoms with E-state index in [4.69, 9.17) is 22.4 Å². The van der Waals surface area contributed by atoms with Crippen molar-refractivity contribution in [2.75, 3.05) is 11.1 Å². The van der Waals surface area contributed by atoms with Crippen molar-refractivity contribution in [1.82, 2.24) is 19.7 Å². The lowest BCUT2D eigenvalue weighted by atomic mass is 10.0. The summed E-state index contributed by atoms with van der Waals surface area (Å²) in [5.41, 5.74) is 11.7. The van der Waals surface area contributed by atoms with Gasteiger partial charge in [0.2, 0.25) is 0 Å². The minimum Gasteiger partial charge on any atom is -0.383 e. The fourth-order valence-corrected chi connectivity index (χ4v) is 5.18. The topological polar surface area (TPSA) is 94.0 Å². The van der Waals surface area contributed by atoms with Gasteiger partial charge in [-0.3, -0.25) is 0 Å². The van der Waals surface area contributed by atoms with Gasteiger partial charge in [-0.15, -0.1) is 11.3 Å². The average molecular weight is 500 g/mol. The van der Waals surface area contributed by atoms with Crippen LogP contribution in [0.2, 0.25) is 5.02 Å². The molecule has 0 spiro atoms. The van der Waals surface area contributed by atoms with Crippen LogP contribution in [-0.4, -0.2) is 25.6 Å². The van der Waals surface area contributed by atoms with E-state index in [-0.39, 0.29) is 0 Å². The summed E-state index contributed by atoms with van der Waals surface area (Å²) in [7, 11) is 0. The highest BCUT2D eigenvalue weighted by Crippen LogP contribution is 2.40. The number of rotatable bonds is 6. The number of hydrogen-bond donors (Lipinski definition) is 2. The third kappa shape index (κ3) is 4.41. The van der Waals surface area contributed by atoms with Crippen LogP contribution < -0.4 is 11.1 Å². The standard InChI is InChI=1S/C26H22ClN7S/c1-3-29-20(32-26-21(16(2)14-35-26)18-11-7-8-12-19(18)27)13-34-25-22(24(28)30-15-31-25)23(33-34)17-9-5-4-6-10-17/h3-12,14-15H,1,13H2,2H3,(H,29,32)(H2,28,30,31). The molecule has 0 aliphatic carbocycles. The molecule has 0 aliphatic rings. The molecule has 0 fully saturated rings. The van der Waals surface area contributed by atoms with Gasteiger partial charge in [0.05, 0.1) is 5.39 Å². The summed E-state index contributed by atoms with van der Waals surface area (Å²) in [5.74, 6) is 1.03. The van der Waals surface area contributed by atoms with Crippen molar-refractivity contribution in [2.45, 2.75) is 13.5 Å². The molecule has 5 rings (SSSR count). The smallest absolute Gasteiger partial charge is 0.164 e. The number of nitrogens with one attached hydrogen (secondary N) is 1. The molecule has 174 valence electrons. The van der Waals surface area contributed by atoms with Crippen molar-refractivity contribution in [1.29, 1.82) is 0 Å². The van der Waals surface area contributed by atoms with Gasteiger partial charge in [0.25, 0.3) is 0 Å². The third-order valence-electron chi connectivity index (χ3n) is 5.53. The number of hydrogen-bond acceptors (Lipinski definition) is 6. The summed E-state index contributed by atoms with van der Waals surface area (Å²) in [5, 5.41) is 12.8. The van der Waals surface area contributed by atoms with Crippen LogP contribution in [0.1, 0.15) is 5.56 Å². The monoisotopic (exact) mass is 499 g/mol. The Morgan fingerprint density at radius 1 is 1.17 bits per heavy atom. The largest absolute Gasteiger partial charge is 0.383 e. The first-order valence-corrected chi connectivity index (χ1v) is 12.1. The Morgan fingerprint density at radius 2 is 1.94 bits per heavy atom. The number of fused-ring (bicyclic) bond motifs is 1. The Morgan fingerprint density at radius 3 is 2.71 bits per heavy atom. The van der Waals surface area contributed by atoms with E-state index in [0.29, 0.717) is 34.3 Å². The van der Waals surface area contributed by atoms with Crippen molar-refractivity contribution in [3.8, 4) is 22.4 Å². The third-order valence-corrected chi connectivity index (χ3v) is 6.87. The Labute approximate surface area is 211 Å². The zero-order chi connectivity index (χ0) is 24.4. The maximum absolute atomic E-state index is 6.52. The molecule has 0 radical (unpaired) electrons. The van der Waals surface area contributed by atoms with Gasteiger partial charge in [-0.2, -0.15) is 5.10 Å². The number of anilines is 2. The number of aryl methyl sites for hydroxylation is 1. The highest BCUT2D eigenvalue weighted by atomic mass is 35.5. The van der Waals surface area contributed by atoms with Gasteiger partial charge >= 0.3 is 0 Å². The van der Waals surface area contributed by atoms with Gasteiger partial charge in [-0.25, -0.2) is 19.6 Å². The van der Waals surface area contributed by atoms with Crippen LogP contribution in [-0.2, 0) is 6.54 Å². The molecule has 5 aromatic rings. The summed E-state index contributed by atoms with van der Waals surface area (Å²) in [6, 6.07) is 17.7. The lowest BCUT2D eigenvalue weighted by Crippen LogP contribution is -2.20. The zero-order valence-corrected chi connectivity index (χ0v) is 20.5. The number of benzene rings is 2. The van der Waals surface area contributed by atoms with Crippen molar-refractivity contribution in [3.05, 3.63) is 89.7 Å². The first-order chi connectivity index (χ1) is 17.1. The first kappa shape index (κ1) is 22.8. The second-order valence-corrected chi connectivity index (χ2v) is 9.10. The molecular formula is C26H22ClN7S. The molecule has 0 amide bonds. The van der Waals surface area contributed by atoms with Crippen molar-refractivity contribution in [3.63, 3.8) is 0 Å². The number of nitrogens with two attached hydrogens (primary N) is 1. The van der Waals surface area contributed by atoms with Gasteiger partial charge in [0.15, 0.2) is 5.65 Å². The molecule has 3 N–H and O–H groups in total. The highest BCUT2D eigenvalue weighted by molar-refractivity contribution is 7.15. The zero-order valence-electron chi connectivity index (χ0n) is 18.9. The van der Waals surface area contributed by atoms with Crippen LogP contribution in [0.25, 0.3) is 33.4 Å². The molecule has 0 saturated heterocycles. The van der Waals surface area contributed by atoms with E-state index in [1.165, 1.54) is 12.5 Å². The fraction of sp³-hybridized carbons (Fsp3) is 0.0769. The van der Waals surface area contributed by atoms with Crippen LogP contribution in [0.4, 0.5) is 10.8 Å². The number of halogens is 1. The van der Waals surface area contributed by atoms with Crippen LogP contribution in [0.5, 0.6) is 0 Å². The molecule has 0 atom stereocenters. The Balaban J connectivity index is 1.55. The summed E-state index contributed by atoms with van der Waals surface area (Å²) in [4.78, 5) is 13.2. The van der Waals surface area contributed by atoms with E-state index < -0.39 is 0 Å². The summed E-state index contributed by atoms with van der Waals surface area (Å²) in [6.07, 6.45) is 2.95. The molecule has 3 aromatic heterocycles. The van der Waals surface area contributed by atoms with Gasteiger partial charge in [-0.05, 0) is 23.9 Å². The molecule has 0 unspecified atom stereocenters. The lowest BCUT2D eigenvalue weighted by Gasteiger charge is -2.12. The number of nitrogens with zero attached hydrogens (tertiary/aromatic N) is 5. The number of aliphatic imine (C=N–C) groups is 1. The Bertz CT molecular complexity index is 1550. The maximum atomic E-state index is 6.52. The van der Waals surface area contributed by atoms with Crippen molar-refractivity contribution < 1.29 is 0 Å². The van der Waals surface area contributed by atoms with Gasteiger partial charge in [0, 0.05) is 27.9 Å². The Hall–Kier alpha value is -4.01. The molecule has 0 bridgehead atoms. The molecule has 0 saturated carbocycles. The number of amidine groups is 1. The van der Waals surface area contributed by atoms with E-state index in [1.807, 2.05) is 54.6 Å². The van der Waals surface area contributed by atoms with Crippen LogP contribution in [0, 0.1) is 6.92 Å². The predicted octanol–water partition coefficient (Wildman–Crippen LogP) is 6.42. The first-order valence-electron chi connectivity index (χ1n) is 10.9. The predicted molar refractivity (Wildman–Crippen MR) is 146 cm³/mol. The van der Waals surface area contributed by atoms with E-state index in [1.54, 1.807) is 16.0 Å². The molecule has 9 heteroatoms. The second kappa shape index (κ2) is 9.69. The fourth-order valence-electron chi connectivity index (χ4n) is 3.97. The van der Waals surface area contributed by atoms with Gasteiger partial charge < -0.3 is 11.1 Å². The molecule has 2 aromatic carbocycles. The summed E-state index contributed by atoms with van der Waals surface area (Å²) >= 11 is 8.11. The van der Waals surface area contributed by atoms with E-state index in [9.17, 15) is 0 Å². The number of nitrogen functional groups attached to an aromatic ring is 1. The lowest BCUT2D eigenvalue weighted by molar-refractivity contribution is 0.743. The maximum Gasteiger partial charge on any atom is 0.164 e. The Kier molecular flexibility index (Phi) is 6.31. The van der Waals surface area contributed by atoms with E-state index in [0.717, 1.165) is 32.9 Å². The summed E-state index contributed by atoms with van der Waals surface area (Å²) < 4.78 is 1.78. The molecule has 0 aliphatic heterocycles. The molecular weight excluding hydrogens is 478 g/mol. The van der Waals surface area contributed by atoms with Crippen molar-refractivity contribution in [2.24, 2.45) is 4.99 Å². The van der Waals surface area contributed by atoms with E-state index in [2.05, 4.69) is 39.2 Å². The quantitative estimate of drug-likeness (QED) is 0.207. The molecule has 35 heavy (non-hydrogen) atoms. The minimum absolute atomic E-state index is 0.324. The van der Waals surface area contributed by atoms with Gasteiger partial charge in [-0.1, -0.05) is 66.7 Å². The SMILES string of the molecule is C=CN=C(Cn1nc(-c2ccccc2)c2c(N)ncnc21)Nc1scc(C)c1-c1ccccc1Cl. The van der Waals surface area contributed by atoms with Crippen LogP contribution in [0.15, 0.2) is 84.1 Å². The second-order valence-electron chi connectivity index (χ2n) is 7.82. The highest BCUT2D eigenvalue weighted by Gasteiger charge is 2.19.